The average Bonchev–Trinajstić information content (AvgIpc) is 2.46. The average molecular weight is 270 g/mol. The molecule has 0 aliphatic heterocycles. The van der Waals surface area contributed by atoms with Gasteiger partial charge in [-0.2, -0.15) is 0 Å². The molecule has 0 fully saturated rings. The quantitative estimate of drug-likeness (QED) is 0.836. The number of benzene rings is 1. The van der Waals surface area contributed by atoms with Crippen molar-refractivity contribution in [3.63, 3.8) is 0 Å². The van der Waals surface area contributed by atoms with E-state index in [0.717, 1.165) is 0 Å². The number of carbonyl (C=O) groups excluding carboxylic acids is 1. The van der Waals surface area contributed by atoms with Crippen molar-refractivity contribution in [3.8, 4) is 0 Å². The number of hydrogen-bond acceptors (Lipinski definition) is 4. The number of anilines is 1. The highest BCUT2D eigenvalue weighted by molar-refractivity contribution is 5.93. The van der Waals surface area contributed by atoms with Crippen molar-refractivity contribution in [1.29, 1.82) is 0 Å². The number of carboxylic acid groups (broad SMARTS) is 1. The lowest BCUT2D eigenvalue weighted by Gasteiger charge is -2.01. The number of carbonyl (C=O) groups is 2. The highest BCUT2D eigenvalue weighted by Gasteiger charge is 2.05. The maximum atomic E-state index is 11.5. The van der Waals surface area contributed by atoms with E-state index in [-0.39, 0.29) is 5.56 Å². The third-order valence-electron chi connectivity index (χ3n) is 2.25. The Morgan fingerprint density at radius 3 is 2.70 bits per heavy atom. The summed E-state index contributed by atoms with van der Waals surface area (Å²) in [5, 5.41) is 18.3. The molecule has 2 amide bonds. The molecule has 0 unspecified atom stereocenters. The van der Waals surface area contributed by atoms with Crippen LogP contribution >= 0.6 is 0 Å². The molecule has 1 aromatic carbocycles. The molecule has 2 aromatic rings. The number of nitrogens with zero attached hydrogens (tertiary/aromatic N) is 3. The smallest absolute Gasteiger partial charge is 0.364 e. The van der Waals surface area contributed by atoms with E-state index in [1.807, 2.05) is 0 Å². The van der Waals surface area contributed by atoms with Crippen LogP contribution in [0.25, 0.3) is 0 Å². The Hall–Kier alpha value is -3.09. The third kappa shape index (κ3) is 3.70. The molecule has 2 rings (SSSR count). The monoisotopic (exact) mass is 270 g/mol. The van der Waals surface area contributed by atoms with Crippen molar-refractivity contribution in [3.05, 3.63) is 54.2 Å². The summed E-state index contributed by atoms with van der Waals surface area (Å²) in [5.41, 5.74) is 0.402. The van der Waals surface area contributed by atoms with Crippen molar-refractivity contribution in [2.24, 2.45) is 10.2 Å². The Morgan fingerprint density at radius 1 is 1.15 bits per heavy atom. The number of azo groups is 1. The largest absolute Gasteiger partial charge is 0.478 e. The fourth-order valence-electron chi connectivity index (χ4n) is 1.39. The maximum absolute atomic E-state index is 11.5. The summed E-state index contributed by atoms with van der Waals surface area (Å²) in [6.07, 6.45) is 1.53. The molecule has 0 bridgehead atoms. The van der Waals surface area contributed by atoms with Gasteiger partial charge in [-0.3, -0.25) is 0 Å². The van der Waals surface area contributed by atoms with Crippen LogP contribution in [0, 0.1) is 0 Å². The predicted octanol–water partition coefficient (Wildman–Crippen LogP) is 3.10. The van der Waals surface area contributed by atoms with Crippen LogP contribution in [-0.2, 0) is 0 Å². The molecule has 7 nitrogen and oxygen atoms in total. The molecular formula is C13H10N4O3. The summed E-state index contributed by atoms with van der Waals surface area (Å²) < 4.78 is 0. The Labute approximate surface area is 114 Å². The van der Waals surface area contributed by atoms with Crippen molar-refractivity contribution in [1.82, 2.24) is 4.98 Å². The van der Waals surface area contributed by atoms with Gasteiger partial charge in [-0.25, -0.2) is 14.6 Å². The number of pyridine rings is 1. The minimum absolute atomic E-state index is 0.0736. The van der Waals surface area contributed by atoms with Gasteiger partial charge in [-0.1, -0.05) is 17.2 Å². The zero-order chi connectivity index (χ0) is 14.4. The summed E-state index contributed by atoms with van der Waals surface area (Å²) in [5.74, 6) is -0.766. The first-order valence-corrected chi connectivity index (χ1v) is 5.62. The molecule has 0 radical (unpaired) electrons. The lowest BCUT2D eigenvalue weighted by atomic mass is 10.2. The maximum Gasteiger partial charge on any atom is 0.364 e. The second kappa shape index (κ2) is 6.19. The first-order valence-electron chi connectivity index (χ1n) is 5.62. The van der Waals surface area contributed by atoms with E-state index in [4.69, 9.17) is 5.11 Å². The summed E-state index contributed by atoms with van der Waals surface area (Å²) in [6, 6.07) is 10.2. The third-order valence-corrected chi connectivity index (χ3v) is 2.25. The summed E-state index contributed by atoms with van der Waals surface area (Å²) in [6.45, 7) is 0. The van der Waals surface area contributed by atoms with E-state index in [1.165, 1.54) is 24.4 Å². The van der Waals surface area contributed by atoms with Crippen molar-refractivity contribution >= 4 is 23.5 Å². The molecule has 0 saturated carbocycles. The molecule has 1 heterocycles. The minimum atomic E-state index is -1.07. The van der Waals surface area contributed by atoms with Crippen molar-refractivity contribution in [2.75, 3.05) is 5.32 Å². The molecule has 7 heteroatoms. The topological polar surface area (TPSA) is 104 Å². The number of amides is 2. The second-order valence-electron chi connectivity index (χ2n) is 3.70. The molecule has 0 aliphatic rings. The molecule has 0 atom stereocenters. The van der Waals surface area contributed by atoms with Crippen LogP contribution < -0.4 is 5.32 Å². The zero-order valence-corrected chi connectivity index (χ0v) is 10.2. The van der Waals surface area contributed by atoms with Gasteiger partial charge < -0.3 is 10.4 Å². The van der Waals surface area contributed by atoms with Crippen LogP contribution in [0.3, 0.4) is 0 Å². The number of nitrogens with one attached hydrogen (secondary N) is 1. The molecule has 100 valence electrons. The van der Waals surface area contributed by atoms with Gasteiger partial charge >= 0.3 is 12.0 Å². The number of aromatic carboxylic acids is 1. The fourth-order valence-corrected chi connectivity index (χ4v) is 1.39. The van der Waals surface area contributed by atoms with Gasteiger partial charge in [0.25, 0.3) is 0 Å². The Kier molecular flexibility index (Phi) is 4.13. The van der Waals surface area contributed by atoms with Gasteiger partial charge in [0.15, 0.2) is 5.82 Å². The Morgan fingerprint density at radius 2 is 2.00 bits per heavy atom. The van der Waals surface area contributed by atoms with Gasteiger partial charge in [0.05, 0.1) is 5.56 Å². The molecule has 0 spiro atoms. The lowest BCUT2D eigenvalue weighted by molar-refractivity contribution is 0.0697. The molecule has 1 aromatic heterocycles. The second-order valence-corrected chi connectivity index (χ2v) is 3.70. The van der Waals surface area contributed by atoms with Gasteiger partial charge in [0, 0.05) is 11.9 Å². The number of rotatable bonds is 3. The minimum Gasteiger partial charge on any atom is -0.478 e. The summed E-state index contributed by atoms with van der Waals surface area (Å²) >= 11 is 0. The number of hydrogen-bond donors (Lipinski definition) is 2. The van der Waals surface area contributed by atoms with Crippen molar-refractivity contribution in [2.45, 2.75) is 0 Å². The molecule has 20 heavy (non-hydrogen) atoms. The molecular weight excluding hydrogens is 260 g/mol. The van der Waals surface area contributed by atoms with E-state index in [1.54, 1.807) is 24.3 Å². The lowest BCUT2D eigenvalue weighted by Crippen LogP contribution is -2.06. The van der Waals surface area contributed by atoms with E-state index in [2.05, 4.69) is 20.5 Å². The van der Waals surface area contributed by atoms with E-state index in [0.29, 0.717) is 11.5 Å². The SMILES string of the molecule is O=C(N=Nc1ccccn1)Nc1cccc(C(=O)O)c1. The highest BCUT2D eigenvalue weighted by Crippen LogP contribution is 2.12. The first-order chi connectivity index (χ1) is 9.65. The Bertz CT molecular complexity index is 656. The van der Waals surface area contributed by atoms with Gasteiger partial charge in [0.1, 0.15) is 0 Å². The van der Waals surface area contributed by atoms with Crippen LogP contribution in [-0.4, -0.2) is 22.1 Å². The van der Waals surface area contributed by atoms with Crippen LogP contribution in [0.5, 0.6) is 0 Å². The molecule has 2 N–H and O–H groups in total. The molecule has 0 saturated heterocycles. The van der Waals surface area contributed by atoms with E-state index in [9.17, 15) is 9.59 Å². The predicted molar refractivity (Wildman–Crippen MR) is 71.2 cm³/mol. The number of carboxylic acids is 1. The van der Waals surface area contributed by atoms with Crippen LogP contribution in [0.2, 0.25) is 0 Å². The normalized spacial score (nSPS) is 10.4. The summed E-state index contributed by atoms with van der Waals surface area (Å²) in [4.78, 5) is 26.2. The highest BCUT2D eigenvalue weighted by atomic mass is 16.4. The van der Waals surface area contributed by atoms with Crippen LogP contribution in [0.1, 0.15) is 10.4 Å². The number of urea groups is 1. The fraction of sp³-hybridized carbons (Fsp3) is 0. The van der Waals surface area contributed by atoms with Gasteiger partial charge in [-0.15, -0.1) is 5.11 Å². The standard InChI is InChI=1S/C13H10N4O3/c18-12(19)9-4-3-5-10(8-9)15-13(20)17-16-11-6-1-2-7-14-11/h1-8H,(H,15,20)(H,18,19). The summed E-state index contributed by atoms with van der Waals surface area (Å²) in [7, 11) is 0. The van der Waals surface area contributed by atoms with Crippen molar-refractivity contribution < 1.29 is 14.7 Å². The van der Waals surface area contributed by atoms with Crippen LogP contribution in [0.15, 0.2) is 58.9 Å². The van der Waals surface area contributed by atoms with E-state index < -0.39 is 12.0 Å². The van der Waals surface area contributed by atoms with Gasteiger partial charge in [0.2, 0.25) is 0 Å². The van der Waals surface area contributed by atoms with Gasteiger partial charge in [-0.05, 0) is 30.3 Å². The zero-order valence-electron chi connectivity index (χ0n) is 10.2. The van der Waals surface area contributed by atoms with Crippen LogP contribution in [0.4, 0.5) is 16.3 Å². The first kappa shape index (κ1) is 13.3. The molecule has 0 aliphatic carbocycles. The van der Waals surface area contributed by atoms with E-state index >= 15 is 0 Å². The Balaban J connectivity index is 2.03. The number of aromatic nitrogens is 1.